The van der Waals surface area contributed by atoms with Crippen molar-refractivity contribution >= 4 is 17.5 Å². The molecule has 0 saturated heterocycles. The van der Waals surface area contributed by atoms with Crippen LogP contribution in [0.15, 0.2) is 64.9 Å². The van der Waals surface area contributed by atoms with E-state index in [-0.39, 0.29) is 17.4 Å². The fourth-order valence-corrected chi connectivity index (χ4v) is 3.01. The lowest BCUT2D eigenvalue weighted by Gasteiger charge is -2.38. The van der Waals surface area contributed by atoms with Crippen molar-refractivity contribution in [1.29, 1.82) is 0 Å². The lowest BCUT2D eigenvalue weighted by atomic mass is 9.89. The van der Waals surface area contributed by atoms with Gasteiger partial charge in [0.05, 0.1) is 12.0 Å². The van der Waals surface area contributed by atoms with Crippen LogP contribution >= 0.6 is 0 Å². The Morgan fingerprint density at radius 2 is 1.84 bits per heavy atom. The van der Waals surface area contributed by atoms with Crippen LogP contribution in [0.5, 0.6) is 0 Å². The van der Waals surface area contributed by atoms with E-state index in [1.807, 2.05) is 26.8 Å². The molecule has 0 fully saturated rings. The summed E-state index contributed by atoms with van der Waals surface area (Å²) in [7, 11) is 0. The number of hydrogen-bond donors (Lipinski definition) is 2. The zero-order valence-electron chi connectivity index (χ0n) is 14.4. The highest BCUT2D eigenvalue weighted by atomic mass is 16.3. The van der Waals surface area contributed by atoms with Gasteiger partial charge in [0.25, 0.3) is 11.8 Å². The van der Waals surface area contributed by atoms with Gasteiger partial charge in [0.15, 0.2) is 0 Å². The molecule has 3 rings (SSSR count). The Kier molecular flexibility index (Phi) is 3.91. The first-order valence-electron chi connectivity index (χ1n) is 8.00. The topological polar surface area (TPSA) is 88.6 Å². The van der Waals surface area contributed by atoms with E-state index in [9.17, 15) is 9.59 Å². The largest absolute Gasteiger partial charge is 0.466 e. The standard InChI is InChI=1S/C19H21N3O3/c1-18(2,3)21-17(24)19(15-10-7-11-25-15)14(20)12-16(23)22(19)13-8-5-4-6-9-13/h4-12H,20H2,1-3H3,(H,21,24). The zero-order valence-corrected chi connectivity index (χ0v) is 14.4. The van der Waals surface area contributed by atoms with Crippen LogP contribution in [0, 0.1) is 0 Å². The van der Waals surface area contributed by atoms with Gasteiger partial charge in [-0.2, -0.15) is 0 Å². The van der Waals surface area contributed by atoms with Gasteiger partial charge >= 0.3 is 0 Å². The SMILES string of the molecule is CC(C)(C)NC(=O)C1(c2ccco2)C(N)=CC(=O)N1c1ccccc1. The molecule has 1 aromatic carbocycles. The van der Waals surface area contributed by atoms with Crippen LogP contribution in [-0.4, -0.2) is 17.4 Å². The molecule has 25 heavy (non-hydrogen) atoms. The highest BCUT2D eigenvalue weighted by molar-refractivity contribution is 6.14. The Morgan fingerprint density at radius 1 is 1.16 bits per heavy atom. The lowest BCUT2D eigenvalue weighted by Crippen LogP contribution is -2.60. The van der Waals surface area contributed by atoms with Crippen molar-refractivity contribution in [1.82, 2.24) is 5.32 Å². The molecule has 1 unspecified atom stereocenters. The molecule has 2 heterocycles. The van der Waals surface area contributed by atoms with Gasteiger partial charge in [-0.05, 0) is 45.0 Å². The third kappa shape index (κ3) is 2.69. The molecule has 0 radical (unpaired) electrons. The van der Waals surface area contributed by atoms with E-state index in [0.29, 0.717) is 5.69 Å². The van der Waals surface area contributed by atoms with Crippen molar-refractivity contribution in [3.63, 3.8) is 0 Å². The number of rotatable bonds is 3. The van der Waals surface area contributed by atoms with Gasteiger partial charge in [-0.15, -0.1) is 0 Å². The summed E-state index contributed by atoms with van der Waals surface area (Å²) in [6.07, 6.45) is 2.73. The lowest BCUT2D eigenvalue weighted by molar-refractivity contribution is -0.129. The summed E-state index contributed by atoms with van der Waals surface area (Å²) >= 11 is 0. The van der Waals surface area contributed by atoms with Crippen molar-refractivity contribution in [3.05, 3.63) is 66.3 Å². The minimum atomic E-state index is -1.56. The molecule has 1 atom stereocenters. The summed E-state index contributed by atoms with van der Waals surface area (Å²) in [6.45, 7) is 5.60. The normalized spacial score (nSPS) is 20.5. The Balaban J connectivity index is 2.23. The van der Waals surface area contributed by atoms with E-state index >= 15 is 0 Å². The fraction of sp³-hybridized carbons (Fsp3) is 0.263. The molecule has 0 aliphatic carbocycles. The number of para-hydroxylation sites is 1. The second-order valence-electron chi connectivity index (χ2n) is 7.00. The van der Waals surface area contributed by atoms with Crippen LogP contribution in [0.3, 0.4) is 0 Å². The number of anilines is 1. The predicted octanol–water partition coefficient (Wildman–Crippen LogP) is 2.28. The van der Waals surface area contributed by atoms with Crippen molar-refractivity contribution in [2.24, 2.45) is 5.73 Å². The molecular formula is C19H21N3O3. The van der Waals surface area contributed by atoms with Gasteiger partial charge in [-0.3, -0.25) is 14.5 Å². The number of nitrogens with two attached hydrogens (primary N) is 1. The minimum absolute atomic E-state index is 0.123. The van der Waals surface area contributed by atoms with E-state index in [1.54, 1.807) is 36.4 Å². The molecule has 2 aromatic rings. The van der Waals surface area contributed by atoms with Crippen LogP contribution in [0.4, 0.5) is 5.69 Å². The summed E-state index contributed by atoms with van der Waals surface area (Å²) in [6, 6.07) is 12.3. The number of furan rings is 1. The molecule has 6 heteroatoms. The van der Waals surface area contributed by atoms with Gasteiger partial charge in [0.2, 0.25) is 5.54 Å². The predicted molar refractivity (Wildman–Crippen MR) is 94.5 cm³/mol. The van der Waals surface area contributed by atoms with E-state index in [1.165, 1.54) is 17.2 Å². The third-order valence-electron chi connectivity index (χ3n) is 3.96. The number of hydrogen-bond acceptors (Lipinski definition) is 4. The van der Waals surface area contributed by atoms with Crippen LogP contribution in [0.1, 0.15) is 26.5 Å². The number of carbonyl (C=O) groups is 2. The number of nitrogens with zero attached hydrogens (tertiary/aromatic N) is 1. The van der Waals surface area contributed by atoms with E-state index in [0.717, 1.165) is 0 Å². The second kappa shape index (κ2) is 5.81. The van der Waals surface area contributed by atoms with Crippen LogP contribution in [0.25, 0.3) is 0 Å². The van der Waals surface area contributed by atoms with Crippen molar-refractivity contribution in [2.75, 3.05) is 4.90 Å². The monoisotopic (exact) mass is 339 g/mol. The van der Waals surface area contributed by atoms with Crippen molar-refractivity contribution in [3.8, 4) is 0 Å². The van der Waals surface area contributed by atoms with Gasteiger partial charge in [-0.1, -0.05) is 18.2 Å². The summed E-state index contributed by atoms with van der Waals surface area (Å²) in [5.74, 6) is -0.500. The maximum absolute atomic E-state index is 13.3. The summed E-state index contributed by atoms with van der Waals surface area (Å²) in [5, 5.41) is 2.93. The quantitative estimate of drug-likeness (QED) is 0.898. The van der Waals surface area contributed by atoms with E-state index in [4.69, 9.17) is 10.2 Å². The van der Waals surface area contributed by atoms with Crippen molar-refractivity contribution in [2.45, 2.75) is 31.8 Å². The van der Waals surface area contributed by atoms with Gasteiger partial charge in [0.1, 0.15) is 5.76 Å². The number of nitrogens with one attached hydrogen (secondary N) is 1. The smallest absolute Gasteiger partial charge is 0.260 e. The maximum Gasteiger partial charge on any atom is 0.260 e. The van der Waals surface area contributed by atoms with Crippen LogP contribution < -0.4 is 16.0 Å². The van der Waals surface area contributed by atoms with Gasteiger partial charge < -0.3 is 15.5 Å². The first-order chi connectivity index (χ1) is 11.8. The molecular weight excluding hydrogens is 318 g/mol. The molecule has 0 bridgehead atoms. The zero-order chi connectivity index (χ0) is 18.2. The average Bonchev–Trinajstić information content (AvgIpc) is 3.13. The molecule has 0 spiro atoms. The van der Waals surface area contributed by atoms with E-state index in [2.05, 4.69) is 5.32 Å². The molecule has 0 saturated carbocycles. The highest BCUT2D eigenvalue weighted by Gasteiger charge is 2.57. The Morgan fingerprint density at radius 3 is 2.40 bits per heavy atom. The van der Waals surface area contributed by atoms with Crippen LogP contribution in [0.2, 0.25) is 0 Å². The Labute approximate surface area is 146 Å². The maximum atomic E-state index is 13.3. The van der Waals surface area contributed by atoms with Gasteiger partial charge in [0, 0.05) is 17.3 Å². The molecule has 1 aliphatic rings. The number of carbonyl (C=O) groups excluding carboxylic acids is 2. The molecule has 1 aliphatic heterocycles. The molecule has 1 aromatic heterocycles. The second-order valence-corrected chi connectivity index (χ2v) is 7.00. The molecule has 3 N–H and O–H groups in total. The van der Waals surface area contributed by atoms with Crippen molar-refractivity contribution < 1.29 is 14.0 Å². The molecule has 2 amide bonds. The molecule has 6 nitrogen and oxygen atoms in total. The number of benzene rings is 1. The summed E-state index contributed by atoms with van der Waals surface area (Å²) in [5.41, 5.74) is 4.83. The fourth-order valence-electron chi connectivity index (χ4n) is 3.01. The number of amides is 2. The minimum Gasteiger partial charge on any atom is -0.466 e. The highest BCUT2D eigenvalue weighted by Crippen LogP contribution is 2.42. The Bertz CT molecular complexity index is 819. The first-order valence-corrected chi connectivity index (χ1v) is 8.00. The Hall–Kier alpha value is -3.02. The summed E-state index contributed by atoms with van der Waals surface area (Å²) in [4.78, 5) is 27.4. The first kappa shape index (κ1) is 16.8. The van der Waals surface area contributed by atoms with E-state index < -0.39 is 17.0 Å². The summed E-state index contributed by atoms with van der Waals surface area (Å²) < 4.78 is 5.55. The third-order valence-corrected chi connectivity index (χ3v) is 3.96. The van der Waals surface area contributed by atoms with Crippen LogP contribution in [-0.2, 0) is 15.1 Å². The molecule has 130 valence electrons. The average molecular weight is 339 g/mol. The van der Waals surface area contributed by atoms with Gasteiger partial charge in [-0.25, -0.2) is 0 Å².